The molecule has 0 atom stereocenters. The van der Waals surface area contributed by atoms with E-state index >= 15 is 0 Å². The van der Waals surface area contributed by atoms with Crippen LogP contribution in [0.15, 0.2) is 23.4 Å². The Bertz CT molecular complexity index is 294. The van der Waals surface area contributed by atoms with Gasteiger partial charge in [0.2, 0.25) is 6.41 Å². The second-order valence-corrected chi connectivity index (χ2v) is 2.73. The average Bonchev–Trinajstić information content (AvgIpc) is 2.15. The summed E-state index contributed by atoms with van der Waals surface area (Å²) in [6.07, 6.45) is 4.91. The van der Waals surface area contributed by atoms with E-state index in [1.807, 2.05) is 6.08 Å². The topological polar surface area (TPSA) is 89.4 Å². The number of amides is 2. The zero-order valence-corrected chi connectivity index (χ0v) is 7.06. The summed E-state index contributed by atoms with van der Waals surface area (Å²) in [6, 6.07) is 0. The van der Waals surface area contributed by atoms with Crippen molar-refractivity contribution in [3.05, 3.63) is 23.4 Å². The molecule has 0 aromatic carbocycles. The number of hydrogen-bond donors (Lipinski definition) is 2. The molecule has 0 saturated heterocycles. The molecule has 0 heterocycles. The molecule has 0 spiro atoms. The van der Waals surface area contributed by atoms with Crippen molar-refractivity contribution in [1.82, 2.24) is 5.01 Å². The van der Waals surface area contributed by atoms with Crippen LogP contribution in [0.25, 0.3) is 0 Å². The van der Waals surface area contributed by atoms with Gasteiger partial charge in [-0.2, -0.15) is 0 Å². The lowest BCUT2D eigenvalue weighted by Gasteiger charge is -2.13. The van der Waals surface area contributed by atoms with Crippen molar-refractivity contribution < 1.29 is 9.59 Å². The molecule has 70 valence electrons. The quantitative estimate of drug-likeness (QED) is 0.258. The van der Waals surface area contributed by atoms with Crippen molar-refractivity contribution in [2.45, 2.75) is 12.8 Å². The monoisotopic (exact) mass is 181 g/mol. The highest BCUT2D eigenvalue weighted by Gasteiger charge is 2.16. The minimum atomic E-state index is -0.494. The number of hydrazine groups is 1. The number of allylic oxidation sites excluding steroid dienone is 2. The third-order valence-electron chi connectivity index (χ3n) is 1.76. The van der Waals surface area contributed by atoms with Crippen LogP contribution in [0.3, 0.4) is 0 Å². The number of nitrogens with two attached hydrogens (primary N) is 2. The Labute approximate surface area is 75.6 Å². The predicted octanol–water partition coefficient (Wildman–Crippen LogP) is -0.592. The van der Waals surface area contributed by atoms with Gasteiger partial charge < -0.3 is 5.73 Å². The van der Waals surface area contributed by atoms with Gasteiger partial charge in [0.1, 0.15) is 0 Å². The van der Waals surface area contributed by atoms with E-state index in [1.54, 1.807) is 0 Å². The predicted molar refractivity (Wildman–Crippen MR) is 46.7 cm³/mol. The molecule has 0 bridgehead atoms. The third kappa shape index (κ3) is 2.16. The summed E-state index contributed by atoms with van der Waals surface area (Å²) in [6.45, 7) is 0. The molecule has 1 aliphatic carbocycles. The third-order valence-corrected chi connectivity index (χ3v) is 1.76. The van der Waals surface area contributed by atoms with E-state index in [0.717, 1.165) is 0 Å². The first-order valence-corrected chi connectivity index (χ1v) is 3.85. The van der Waals surface area contributed by atoms with Gasteiger partial charge in [-0.1, -0.05) is 6.08 Å². The second-order valence-electron chi connectivity index (χ2n) is 2.73. The average molecular weight is 181 g/mol. The number of imide groups is 1. The van der Waals surface area contributed by atoms with Gasteiger partial charge in [-0.05, 0) is 18.9 Å². The van der Waals surface area contributed by atoms with Crippen LogP contribution < -0.4 is 11.6 Å². The normalized spacial score (nSPS) is 15.8. The number of carbonyl (C=O) groups excluding carboxylic acids is 2. The van der Waals surface area contributed by atoms with Crippen LogP contribution in [0, 0.1) is 0 Å². The lowest BCUT2D eigenvalue weighted by Crippen LogP contribution is -2.37. The summed E-state index contributed by atoms with van der Waals surface area (Å²) in [5, 5.41) is 0.518. The van der Waals surface area contributed by atoms with E-state index < -0.39 is 5.91 Å². The Hall–Kier alpha value is -1.62. The van der Waals surface area contributed by atoms with Crippen molar-refractivity contribution >= 4 is 12.3 Å². The fourth-order valence-electron chi connectivity index (χ4n) is 1.11. The molecule has 1 rings (SSSR count). The van der Waals surface area contributed by atoms with Crippen LogP contribution in [0.1, 0.15) is 12.8 Å². The molecule has 5 heteroatoms. The maximum absolute atomic E-state index is 11.3. The standard InChI is InChI=1S/C8H11N3O2/c9-7-3-1-2-6(4-7)8(13)11(10)5-12/h3-5H,1-2,9-10H2. The summed E-state index contributed by atoms with van der Waals surface area (Å²) >= 11 is 0. The van der Waals surface area contributed by atoms with Gasteiger partial charge in [0.25, 0.3) is 5.91 Å². The van der Waals surface area contributed by atoms with E-state index in [9.17, 15) is 9.59 Å². The molecule has 0 aromatic rings. The Morgan fingerprint density at radius 2 is 2.31 bits per heavy atom. The lowest BCUT2D eigenvalue weighted by molar-refractivity contribution is -0.135. The Morgan fingerprint density at radius 1 is 1.62 bits per heavy atom. The van der Waals surface area contributed by atoms with Crippen molar-refractivity contribution in [2.24, 2.45) is 11.6 Å². The maximum Gasteiger partial charge on any atom is 0.270 e. The van der Waals surface area contributed by atoms with Gasteiger partial charge >= 0.3 is 0 Å². The summed E-state index contributed by atoms with van der Waals surface area (Å²) in [5.74, 6) is 4.61. The molecule has 0 radical (unpaired) electrons. The first-order valence-electron chi connectivity index (χ1n) is 3.85. The van der Waals surface area contributed by atoms with Crippen LogP contribution in [0.4, 0.5) is 0 Å². The van der Waals surface area contributed by atoms with Crippen molar-refractivity contribution in [3.63, 3.8) is 0 Å². The van der Waals surface area contributed by atoms with E-state index in [4.69, 9.17) is 11.6 Å². The second kappa shape index (κ2) is 3.86. The van der Waals surface area contributed by atoms with Crippen molar-refractivity contribution in [2.75, 3.05) is 0 Å². The van der Waals surface area contributed by atoms with Gasteiger partial charge in [-0.15, -0.1) is 0 Å². The minimum Gasteiger partial charge on any atom is -0.399 e. The molecule has 13 heavy (non-hydrogen) atoms. The number of rotatable bonds is 2. The largest absolute Gasteiger partial charge is 0.399 e. The number of nitrogens with zero attached hydrogens (tertiary/aromatic N) is 1. The van der Waals surface area contributed by atoms with E-state index in [0.29, 0.717) is 29.1 Å². The molecule has 0 aliphatic heterocycles. The molecule has 2 amide bonds. The number of hydrogen-bond acceptors (Lipinski definition) is 4. The van der Waals surface area contributed by atoms with Crippen LogP contribution in [0.5, 0.6) is 0 Å². The molecular formula is C8H11N3O2. The number of carbonyl (C=O) groups is 2. The van der Waals surface area contributed by atoms with E-state index in [-0.39, 0.29) is 6.41 Å². The Morgan fingerprint density at radius 3 is 2.85 bits per heavy atom. The summed E-state index contributed by atoms with van der Waals surface area (Å²) in [7, 11) is 0. The van der Waals surface area contributed by atoms with Crippen LogP contribution in [0.2, 0.25) is 0 Å². The zero-order valence-electron chi connectivity index (χ0n) is 7.06. The molecule has 0 unspecified atom stereocenters. The summed E-state index contributed by atoms with van der Waals surface area (Å²) in [5.41, 5.74) is 6.49. The fraction of sp³-hybridized carbons (Fsp3) is 0.250. The first kappa shape index (κ1) is 9.47. The SMILES string of the molecule is NC1=CCCC(C(=O)N(N)C=O)=C1. The summed E-state index contributed by atoms with van der Waals surface area (Å²) in [4.78, 5) is 21.5. The molecule has 0 aromatic heterocycles. The molecule has 5 nitrogen and oxygen atoms in total. The van der Waals surface area contributed by atoms with Gasteiger partial charge in [0, 0.05) is 11.3 Å². The zero-order chi connectivity index (χ0) is 9.84. The van der Waals surface area contributed by atoms with E-state index in [1.165, 1.54) is 6.08 Å². The van der Waals surface area contributed by atoms with Crippen LogP contribution >= 0.6 is 0 Å². The van der Waals surface area contributed by atoms with Crippen LogP contribution in [-0.2, 0) is 9.59 Å². The van der Waals surface area contributed by atoms with Crippen LogP contribution in [-0.4, -0.2) is 17.3 Å². The highest BCUT2D eigenvalue weighted by Crippen LogP contribution is 2.15. The molecular weight excluding hydrogens is 170 g/mol. The van der Waals surface area contributed by atoms with Gasteiger partial charge in [0.05, 0.1) is 0 Å². The molecule has 0 fully saturated rings. The van der Waals surface area contributed by atoms with Crippen molar-refractivity contribution in [3.8, 4) is 0 Å². The highest BCUT2D eigenvalue weighted by molar-refractivity contribution is 5.99. The van der Waals surface area contributed by atoms with Gasteiger partial charge in [-0.3, -0.25) is 9.59 Å². The van der Waals surface area contributed by atoms with Crippen molar-refractivity contribution in [1.29, 1.82) is 0 Å². The smallest absolute Gasteiger partial charge is 0.270 e. The first-order chi connectivity index (χ1) is 6.15. The van der Waals surface area contributed by atoms with E-state index in [2.05, 4.69) is 0 Å². The summed E-state index contributed by atoms with van der Waals surface area (Å²) < 4.78 is 0. The lowest BCUT2D eigenvalue weighted by atomic mass is 10.0. The Kier molecular flexibility index (Phi) is 2.81. The fourth-order valence-corrected chi connectivity index (χ4v) is 1.11. The molecule has 0 saturated carbocycles. The maximum atomic E-state index is 11.3. The van der Waals surface area contributed by atoms with Gasteiger partial charge in [0.15, 0.2) is 0 Å². The highest BCUT2D eigenvalue weighted by atomic mass is 16.2. The molecule has 1 aliphatic rings. The molecule has 4 N–H and O–H groups in total. The van der Waals surface area contributed by atoms with Gasteiger partial charge in [-0.25, -0.2) is 10.9 Å². The minimum absolute atomic E-state index is 0.275. The Balaban J connectivity index is 2.78.